The van der Waals surface area contributed by atoms with Gasteiger partial charge in [-0.2, -0.15) is 13.2 Å². The maximum atomic E-state index is 12.3. The number of carbonyl (C=O) groups excluding carboxylic acids is 1. The summed E-state index contributed by atoms with van der Waals surface area (Å²) in [6, 6.07) is 3.01. The number of halogens is 4. The van der Waals surface area contributed by atoms with Crippen molar-refractivity contribution in [1.82, 2.24) is 15.5 Å². The van der Waals surface area contributed by atoms with Crippen LogP contribution in [0.3, 0.4) is 0 Å². The van der Waals surface area contributed by atoms with Gasteiger partial charge in [-0.3, -0.25) is 5.32 Å². The van der Waals surface area contributed by atoms with Crippen LogP contribution in [0.4, 0.5) is 23.1 Å². The Balaban J connectivity index is 1.87. The first-order valence-corrected chi connectivity index (χ1v) is 7.47. The zero-order chi connectivity index (χ0) is 14.8. The van der Waals surface area contributed by atoms with E-state index in [2.05, 4.69) is 36.8 Å². The lowest BCUT2D eigenvalue weighted by Gasteiger charge is -2.03. The second-order valence-corrected chi connectivity index (χ2v) is 6.95. The molecule has 0 aliphatic rings. The molecule has 11 heteroatoms. The summed E-state index contributed by atoms with van der Waals surface area (Å²) in [4.78, 5) is 12.4. The molecule has 0 radical (unpaired) electrons. The second kappa shape index (κ2) is 6.06. The van der Waals surface area contributed by atoms with E-state index in [1.165, 1.54) is 11.3 Å². The van der Waals surface area contributed by atoms with Crippen LogP contribution in [0.25, 0.3) is 0 Å². The van der Waals surface area contributed by atoms with Crippen LogP contribution in [-0.2, 0) is 12.7 Å². The number of alkyl halides is 3. The van der Waals surface area contributed by atoms with Crippen molar-refractivity contribution in [2.75, 3.05) is 5.32 Å². The monoisotopic (exact) mass is 386 g/mol. The SMILES string of the molecule is O=C(NCc1ccc(Br)s1)Nc1nnc(C(F)(F)F)s1. The Bertz CT molecular complexity index is 612. The summed E-state index contributed by atoms with van der Waals surface area (Å²) in [6.07, 6.45) is -4.56. The lowest BCUT2D eigenvalue weighted by molar-refractivity contribution is -0.138. The fraction of sp³-hybridized carbons (Fsp3) is 0.222. The van der Waals surface area contributed by atoms with Crippen molar-refractivity contribution >= 4 is 49.8 Å². The Morgan fingerprint density at radius 3 is 2.60 bits per heavy atom. The molecule has 20 heavy (non-hydrogen) atoms. The number of thiophene rings is 1. The number of urea groups is 1. The largest absolute Gasteiger partial charge is 0.445 e. The summed E-state index contributed by atoms with van der Waals surface area (Å²) in [5.41, 5.74) is 0. The third-order valence-corrected chi connectivity index (χ3v) is 4.45. The molecular formula is C9H6BrF3N4OS2. The average molecular weight is 387 g/mol. The number of amides is 2. The van der Waals surface area contributed by atoms with Crippen LogP contribution in [0.2, 0.25) is 0 Å². The van der Waals surface area contributed by atoms with Crippen molar-refractivity contribution in [3.05, 3.63) is 25.8 Å². The highest BCUT2D eigenvalue weighted by Crippen LogP contribution is 2.32. The molecule has 2 heterocycles. The van der Waals surface area contributed by atoms with E-state index in [1.54, 1.807) is 0 Å². The molecular weight excluding hydrogens is 381 g/mol. The fourth-order valence-electron chi connectivity index (χ4n) is 1.14. The Labute approximate surface area is 127 Å². The van der Waals surface area contributed by atoms with Gasteiger partial charge in [-0.05, 0) is 28.1 Å². The molecule has 0 saturated carbocycles. The van der Waals surface area contributed by atoms with Gasteiger partial charge in [0.05, 0.1) is 10.3 Å². The lowest BCUT2D eigenvalue weighted by Crippen LogP contribution is -2.27. The van der Waals surface area contributed by atoms with E-state index in [-0.39, 0.29) is 23.0 Å². The third-order valence-electron chi connectivity index (χ3n) is 1.94. The van der Waals surface area contributed by atoms with E-state index in [0.29, 0.717) is 0 Å². The van der Waals surface area contributed by atoms with E-state index < -0.39 is 17.2 Å². The van der Waals surface area contributed by atoms with Crippen LogP contribution >= 0.6 is 38.6 Å². The fourth-order valence-corrected chi connectivity index (χ4v) is 3.17. The summed E-state index contributed by atoms with van der Waals surface area (Å²) >= 11 is 4.99. The lowest BCUT2D eigenvalue weighted by atomic mass is 10.5. The first-order chi connectivity index (χ1) is 9.34. The van der Waals surface area contributed by atoms with Crippen molar-refractivity contribution < 1.29 is 18.0 Å². The topological polar surface area (TPSA) is 66.9 Å². The standard InChI is InChI=1S/C9H6BrF3N4OS2/c10-5-2-1-4(19-5)3-14-7(18)15-8-17-16-6(20-8)9(11,12)13/h1-2H,3H2,(H2,14,15,17,18). The van der Waals surface area contributed by atoms with Crippen LogP contribution in [-0.4, -0.2) is 16.2 Å². The molecule has 0 atom stereocenters. The van der Waals surface area contributed by atoms with Gasteiger partial charge in [0.2, 0.25) is 10.1 Å². The van der Waals surface area contributed by atoms with Crippen LogP contribution in [0.15, 0.2) is 15.9 Å². The van der Waals surface area contributed by atoms with Crippen molar-refractivity contribution in [1.29, 1.82) is 0 Å². The highest BCUT2D eigenvalue weighted by atomic mass is 79.9. The number of anilines is 1. The quantitative estimate of drug-likeness (QED) is 0.844. The van der Waals surface area contributed by atoms with Crippen LogP contribution in [0, 0.1) is 0 Å². The van der Waals surface area contributed by atoms with Crippen LogP contribution < -0.4 is 10.6 Å². The summed E-state index contributed by atoms with van der Waals surface area (Å²) in [6.45, 7) is 0.271. The molecule has 2 N–H and O–H groups in total. The Kier molecular flexibility index (Phi) is 4.60. The minimum absolute atomic E-state index is 0.206. The molecule has 2 rings (SSSR count). The minimum Gasteiger partial charge on any atom is -0.333 e. The van der Waals surface area contributed by atoms with E-state index >= 15 is 0 Å². The predicted octanol–water partition coefficient (Wildman–Crippen LogP) is 3.70. The van der Waals surface area contributed by atoms with Gasteiger partial charge in [0.1, 0.15) is 0 Å². The normalized spacial score (nSPS) is 11.4. The summed E-state index contributed by atoms with van der Waals surface area (Å²) in [5, 5.41) is 9.61. The minimum atomic E-state index is -4.56. The van der Waals surface area contributed by atoms with Gasteiger partial charge < -0.3 is 5.32 Å². The first kappa shape index (κ1) is 15.2. The molecule has 5 nitrogen and oxygen atoms in total. The molecule has 0 aliphatic heterocycles. The number of nitrogens with one attached hydrogen (secondary N) is 2. The average Bonchev–Trinajstić information content (AvgIpc) is 2.95. The molecule has 0 saturated heterocycles. The molecule has 0 unspecified atom stereocenters. The Hall–Kier alpha value is -1.20. The maximum absolute atomic E-state index is 12.3. The predicted molar refractivity (Wildman–Crippen MR) is 72.8 cm³/mol. The van der Waals surface area contributed by atoms with E-state index in [9.17, 15) is 18.0 Å². The highest BCUT2D eigenvalue weighted by Gasteiger charge is 2.35. The number of aromatic nitrogens is 2. The maximum Gasteiger partial charge on any atom is 0.445 e. The molecule has 0 spiro atoms. The zero-order valence-electron chi connectivity index (χ0n) is 9.49. The molecule has 0 aliphatic carbocycles. The van der Waals surface area contributed by atoms with Crippen LogP contribution in [0.1, 0.15) is 9.88 Å². The highest BCUT2D eigenvalue weighted by molar-refractivity contribution is 9.11. The zero-order valence-corrected chi connectivity index (χ0v) is 12.7. The Morgan fingerprint density at radius 2 is 2.05 bits per heavy atom. The van der Waals surface area contributed by atoms with E-state index in [1.807, 2.05) is 12.1 Å². The number of rotatable bonds is 3. The summed E-state index contributed by atoms with van der Waals surface area (Å²) < 4.78 is 37.8. The van der Waals surface area contributed by atoms with Crippen molar-refractivity contribution in [2.24, 2.45) is 0 Å². The summed E-state index contributed by atoms with van der Waals surface area (Å²) in [5.74, 6) is 0. The smallest absolute Gasteiger partial charge is 0.333 e. The second-order valence-electron chi connectivity index (χ2n) is 3.42. The van der Waals surface area contributed by atoms with Gasteiger partial charge in [-0.1, -0.05) is 11.3 Å². The van der Waals surface area contributed by atoms with Gasteiger partial charge in [-0.25, -0.2) is 4.79 Å². The molecule has 108 valence electrons. The van der Waals surface area contributed by atoms with E-state index in [0.717, 1.165) is 8.66 Å². The van der Waals surface area contributed by atoms with Gasteiger partial charge >= 0.3 is 12.2 Å². The van der Waals surface area contributed by atoms with Crippen LogP contribution in [0.5, 0.6) is 0 Å². The number of carbonyl (C=O) groups is 1. The Morgan fingerprint density at radius 1 is 1.30 bits per heavy atom. The molecule has 0 fully saturated rings. The van der Waals surface area contributed by atoms with Crippen molar-refractivity contribution in [3.8, 4) is 0 Å². The number of hydrogen-bond donors (Lipinski definition) is 2. The number of hydrogen-bond acceptors (Lipinski definition) is 5. The number of nitrogens with zero attached hydrogens (tertiary/aromatic N) is 2. The molecule has 2 aromatic rings. The van der Waals surface area contributed by atoms with Crippen molar-refractivity contribution in [3.63, 3.8) is 0 Å². The molecule has 2 aromatic heterocycles. The van der Waals surface area contributed by atoms with Gasteiger partial charge in [0.15, 0.2) is 0 Å². The van der Waals surface area contributed by atoms with Gasteiger partial charge in [0.25, 0.3) is 0 Å². The molecule has 2 amide bonds. The summed E-state index contributed by atoms with van der Waals surface area (Å²) in [7, 11) is 0. The third kappa shape index (κ3) is 4.15. The first-order valence-electron chi connectivity index (χ1n) is 5.04. The van der Waals surface area contributed by atoms with Crippen molar-refractivity contribution in [2.45, 2.75) is 12.7 Å². The van der Waals surface area contributed by atoms with Gasteiger partial charge in [0, 0.05) is 4.88 Å². The molecule has 0 aromatic carbocycles. The van der Waals surface area contributed by atoms with Gasteiger partial charge in [-0.15, -0.1) is 21.5 Å². The van der Waals surface area contributed by atoms with E-state index in [4.69, 9.17) is 0 Å². The molecule has 0 bridgehead atoms.